The van der Waals surface area contributed by atoms with Gasteiger partial charge in [-0.05, 0) is 38.8 Å². The van der Waals surface area contributed by atoms with E-state index < -0.39 is 0 Å². The van der Waals surface area contributed by atoms with E-state index in [4.69, 9.17) is 4.74 Å². The smallest absolute Gasteiger partial charge is 0.0700 e. The predicted octanol–water partition coefficient (Wildman–Crippen LogP) is 1.24. The molecule has 2 aliphatic heterocycles. The Hall–Kier alpha value is -0.120. The minimum Gasteiger partial charge on any atom is -0.377 e. The van der Waals surface area contributed by atoms with Crippen LogP contribution in [0.4, 0.5) is 0 Å². The molecule has 1 N–H and O–H groups in total. The third-order valence-electron chi connectivity index (χ3n) is 3.45. The molecule has 3 heteroatoms. The Labute approximate surface area is 93.2 Å². The van der Waals surface area contributed by atoms with E-state index >= 15 is 0 Å². The van der Waals surface area contributed by atoms with Crippen molar-refractivity contribution in [1.82, 2.24) is 10.2 Å². The first-order valence-electron chi connectivity index (χ1n) is 6.50. The number of rotatable bonds is 5. The van der Waals surface area contributed by atoms with Crippen molar-refractivity contribution in [3.63, 3.8) is 0 Å². The molecule has 0 aromatic carbocycles. The second-order valence-corrected chi connectivity index (χ2v) is 4.74. The standard InChI is InChI=1S/C12H24N2O/c1-2-7-14(8-3-1)9-6-13-11-12-5-4-10-15-12/h12-13H,1-11H2. The highest BCUT2D eigenvalue weighted by Crippen LogP contribution is 2.10. The van der Waals surface area contributed by atoms with E-state index in [0.717, 1.165) is 19.7 Å². The van der Waals surface area contributed by atoms with Crippen LogP contribution in [0.1, 0.15) is 32.1 Å². The third-order valence-corrected chi connectivity index (χ3v) is 3.45. The monoisotopic (exact) mass is 212 g/mol. The number of nitrogens with zero attached hydrogens (tertiary/aromatic N) is 1. The van der Waals surface area contributed by atoms with Crippen molar-refractivity contribution in [2.45, 2.75) is 38.2 Å². The van der Waals surface area contributed by atoms with Gasteiger partial charge in [0.2, 0.25) is 0 Å². The quantitative estimate of drug-likeness (QED) is 0.694. The molecule has 2 saturated heterocycles. The van der Waals surface area contributed by atoms with E-state index in [0.29, 0.717) is 6.10 Å². The van der Waals surface area contributed by atoms with Crippen molar-refractivity contribution < 1.29 is 4.74 Å². The number of nitrogens with one attached hydrogen (secondary N) is 1. The lowest BCUT2D eigenvalue weighted by molar-refractivity contribution is 0.109. The van der Waals surface area contributed by atoms with Gasteiger partial charge in [-0.25, -0.2) is 0 Å². The molecule has 0 spiro atoms. The first-order valence-corrected chi connectivity index (χ1v) is 6.50. The third kappa shape index (κ3) is 4.09. The molecule has 0 aromatic heterocycles. The number of ether oxygens (including phenoxy) is 1. The fourth-order valence-corrected chi connectivity index (χ4v) is 2.49. The Morgan fingerprint density at radius 1 is 1.13 bits per heavy atom. The molecule has 2 aliphatic rings. The van der Waals surface area contributed by atoms with Crippen LogP contribution in [0.3, 0.4) is 0 Å². The van der Waals surface area contributed by atoms with E-state index in [2.05, 4.69) is 10.2 Å². The van der Waals surface area contributed by atoms with Gasteiger partial charge in [0.1, 0.15) is 0 Å². The molecular formula is C12H24N2O. The Morgan fingerprint density at radius 3 is 2.73 bits per heavy atom. The van der Waals surface area contributed by atoms with Crippen molar-refractivity contribution in [3.05, 3.63) is 0 Å². The minimum atomic E-state index is 0.492. The summed E-state index contributed by atoms with van der Waals surface area (Å²) in [5.41, 5.74) is 0. The van der Waals surface area contributed by atoms with Crippen LogP contribution in [0.5, 0.6) is 0 Å². The highest BCUT2D eigenvalue weighted by atomic mass is 16.5. The van der Waals surface area contributed by atoms with E-state index in [1.54, 1.807) is 0 Å². The molecule has 2 heterocycles. The predicted molar refractivity (Wildman–Crippen MR) is 62.1 cm³/mol. The van der Waals surface area contributed by atoms with Gasteiger partial charge in [0.25, 0.3) is 0 Å². The zero-order valence-electron chi connectivity index (χ0n) is 9.71. The largest absolute Gasteiger partial charge is 0.377 e. The molecule has 0 saturated carbocycles. The fraction of sp³-hybridized carbons (Fsp3) is 1.00. The zero-order chi connectivity index (χ0) is 10.3. The van der Waals surface area contributed by atoms with Crippen LogP contribution in [-0.2, 0) is 4.74 Å². The average molecular weight is 212 g/mol. The summed E-state index contributed by atoms with van der Waals surface area (Å²) in [4.78, 5) is 2.58. The molecule has 88 valence electrons. The summed E-state index contributed by atoms with van der Waals surface area (Å²) >= 11 is 0. The number of likely N-dealkylation sites (tertiary alicyclic amines) is 1. The Balaban J connectivity index is 1.47. The highest BCUT2D eigenvalue weighted by Gasteiger charge is 2.14. The van der Waals surface area contributed by atoms with E-state index in [1.807, 2.05) is 0 Å². The van der Waals surface area contributed by atoms with Gasteiger partial charge < -0.3 is 15.0 Å². The van der Waals surface area contributed by atoms with E-state index in [1.165, 1.54) is 51.7 Å². The molecule has 0 bridgehead atoms. The van der Waals surface area contributed by atoms with Gasteiger partial charge in [0.15, 0.2) is 0 Å². The summed E-state index contributed by atoms with van der Waals surface area (Å²) in [7, 11) is 0. The Kier molecular flexibility index (Phi) is 4.90. The molecular weight excluding hydrogens is 188 g/mol. The molecule has 1 atom stereocenters. The molecule has 0 radical (unpaired) electrons. The average Bonchev–Trinajstić information content (AvgIpc) is 2.79. The van der Waals surface area contributed by atoms with Crippen LogP contribution >= 0.6 is 0 Å². The number of hydrogen-bond donors (Lipinski definition) is 1. The molecule has 2 fully saturated rings. The number of hydrogen-bond acceptors (Lipinski definition) is 3. The van der Waals surface area contributed by atoms with E-state index in [-0.39, 0.29) is 0 Å². The Morgan fingerprint density at radius 2 is 2.00 bits per heavy atom. The summed E-state index contributed by atoms with van der Waals surface area (Å²) in [6.45, 7) is 6.97. The summed E-state index contributed by atoms with van der Waals surface area (Å²) in [6, 6.07) is 0. The molecule has 0 aromatic rings. The SMILES string of the molecule is C1CCN(CCNCC2CCCO2)CC1. The summed E-state index contributed by atoms with van der Waals surface area (Å²) < 4.78 is 5.57. The second kappa shape index (κ2) is 6.46. The van der Waals surface area contributed by atoms with Crippen molar-refractivity contribution in [3.8, 4) is 0 Å². The molecule has 0 amide bonds. The highest BCUT2D eigenvalue weighted by molar-refractivity contribution is 4.69. The van der Waals surface area contributed by atoms with Crippen molar-refractivity contribution in [2.24, 2.45) is 0 Å². The summed E-state index contributed by atoms with van der Waals surface area (Å²) in [5, 5.41) is 3.51. The summed E-state index contributed by atoms with van der Waals surface area (Å²) in [5.74, 6) is 0. The molecule has 15 heavy (non-hydrogen) atoms. The van der Waals surface area contributed by atoms with Crippen molar-refractivity contribution >= 4 is 0 Å². The van der Waals surface area contributed by atoms with E-state index in [9.17, 15) is 0 Å². The van der Waals surface area contributed by atoms with Crippen LogP contribution in [0.2, 0.25) is 0 Å². The van der Waals surface area contributed by atoms with Gasteiger partial charge in [-0.15, -0.1) is 0 Å². The maximum atomic E-state index is 5.57. The molecule has 3 nitrogen and oxygen atoms in total. The first-order chi connectivity index (χ1) is 7.45. The van der Waals surface area contributed by atoms with Crippen LogP contribution in [0.15, 0.2) is 0 Å². The topological polar surface area (TPSA) is 24.5 Å². The normalized spacial score (nSPS) is 28.4. The first kappa shape index (κ1) is 11.4. The molecule has 0 aliphatic carbocycles. The number of piperidine rings is 1. The van der Waals surface area contributed by atoms with Crippen molar-refractivity contribution in [1.29, 1.82) is 0 Å². The molecule has 2 rings (SSSR count). The second-order valence-electron chi connectivity index (χ2n) is 4.74. The lowest BCUT2D eigenvalue weighted by Gasteiger charge is -2.26. The van der Waals surface area contributed by atoms with Gasteiger partial charge in [0, 0.05) is 26.2 Å². The zero-order valence-corrected chi connectivity index (χ0v) is 9.71. The van der Waals surface area contributed by atoms with Gasteiger partial charge in [-0.2, -0.15) is 0 Å². The maximum absolute atomic E-state index is 5.57. The lowest BCUT2D eigenvalue weighted by atomic mass is 10.1. The Bertz CT molecular complexity index is 163. The summed E-state index contributed by atoms with van der Waals surface area (Å²) in [6.07, 6.45) is 7.21. The fourth-order valence-electron chi connectivity index (χ4n) is 2.49. The van der Waals surface area contributed by atoms with Crippen LogP contribution in [0, 0.1) is 0 Å². The molecule has 1 unspecified atom stereocenters. The maximum Gasteiger partial charge on any atom is 0.0700 e. The van der Waals surface area contributed by atoms with Crippen LogP contribution < -0.4 is 5.32 Å². The lowest BCUT2D eigenvalue weighted by Crippen LogP contribution is -2.37. The van der Waals surface area contributed by atoms with Gasteiger partial charge >= 0.3 is 0 Å². The van der Waals surface area contributed by atoms with Gasteiger partial charge in [0.05, 0.1) is 6.10 Å². The van der Waals surface area contributed by atoms with Crippen molar-refractivity contribution in [2.75, 3.05) is 39.3 Å². The minimum absolute atomic E-state index is 0.492. The van der Waals surface area contributed by atoms with Gasteiger partial charge in [-0.3, -0.25) is 0 Å². The van der Waals surface area contributed by atoms with Crippen LogP contribution in [0.25, 0.3) is 0 Å². The van der Waals surface area contributed by atoms with Gasteiger partial charge in [-0.1, -0.05) is 6.42 Å². The van der Waals surface area contributed by atoms with Crippen LogP contribution in [-0.4, -0.2) is 50.3 Å².